The van der Waals surface area contributed by atoms with Gasteiger partial charge in [-0.1, -0.05) is 19.9 Å². The average Bonchev–Trinajstić information content (AvgIpc) is 2.96. The Morgan fingerprint density at radius 3 is 2.78 bits per heavy atom. The van der Waals surface area contributed by atoms with Crippen molar-refractivity contribution in [1.29, 1.82) is 0 Å². The summed E-state index contributed by atoms with van der Waals surface area (Å²) >= 11 is 0. The second-order valence-electron chi connectivity index (χ2n) is 6.01. The molecule has 3 rings (SSSR count). The molecule has 0 fully saturated rings. The predicted molar refractivity (Wildman–Crippen MR) is 87.0 cm³/mol. The van der Waals surface area contributed by atoms with Crippen LogP contribution in [0.3, 0.4) is 0 Å². The van der Waals surface area contributed by atoms with Crippen molar-refractivity contribution < 1.29 is 4.79 Å². The van der Waals surface area contributed by atoms with E-state index in [1.165, 1.54) is 6.07 Å². The van der Waals surface area contributed by atoms with Crippen LogP contribution in [0, 0.1) is 0 Å². The highest BCUT2D eigenvalue weighted by Crippen LogP contribution is 2.26. The van der Waals surface area contributed by atoms with Gasteiger partial charge in [0.15, 0.2) is 5.82 Å². The molecule has 0 aliphatic rings. The number of carbonyl (C=O) groups excluding carboxylic acids is 1. The summed E-state index contributed by atoms with van der Waals surface area (Å²) in [6, 6.07) is 8.98. The third-order valence-corrected chi connectivity index (χ3v) is 3.81. The van der Waals surface area contributed by atoms with Crippen molar-refractivity contribution in [3.05, 3.63) is 46.2 Å². The van der Waals surface area contributed by atoms with Crippen molar-refractivity contribution in [2.75, 3.05) is 6.54 Å². The van der Waals surface area contributed by atoms with Gasteiger partial charge in [-0.15, -0.1) is 0 Å². The maximum atomic E-state index is 11.1. The molecule has 0 aliphatic heterocycles. The minimum absolute atomic E-state index is 0.198. The quantitative estimate of drug-likeness (QED) is 0.618. The molecule has 0 saturated heterocycles. The number of benzene rings is 1. The highest BCUT2D eigenvalue weighted by atomic mass is 16.1. The molecule has 3 aromatic rings. The molecule has 1 aromatic carbocycles. The van der Waals surface area contributed by atoms with E-state index in [4.69, 9.17) is 0 Å². The molecule has 0 unspecified atom stereocenters. The number of imidazole rings is 1. The Balaban J connectivity index is 1.99. The van der Waals surface area contributed by atoms with E-state index < -0.39 is 0 Å². The molecule has 7 heteroatoms. The maximum absolute atomic E-state index is 11.1. The third kappa shape index (κ3) is 2.98. The maximum Gasteiger partial charge on any atom is 0.264 e. The fourth-order valence-electron chi connectivity index (χ4n) is 2.43. The summed E-state index contributed by atoms with van der Waals surface area (Å²) in [6.07, 6.45) is 0.705. The van der Waals surface area contributed by atoms with Crippen LogP contribution in [-0.2, 0) is 10.2 Å². The van der Waals surface area contributed by atoms with Gasteiger partial charge in [0.2, 0.25) is 6.41 Å². The second-order valence-corrected chi connectivity index (χ2v) is 6.01. The Morgan fingerprint density at radius 1 is 1.26 bits per heavy atom. The summed E-state index contributed by atoms with van der Waals surface area (Å²) < 4.78 is 0. The van der Waals surface area contributed by atoms with Crippen molar-refractivity contribution in [2.24, 2.45) is 0 Å². The van der Waals surface area contributed by atoms with Crippen LogP contribution in [0.5, 0.6) is 0 Å². The molecule has 23 heavy (non-hydrogen) atoms. The second kappa shape index (κ2) is 5.68. The molecular formula is C16H17N5O2. The lowest BCUT2D eigenvalue weighted by Gasteiger charge is -2.24. The van der Waals surface area contributed by atoms with E-state index >= 15 is 0 Å². The topological polar surface area (TPSA) is 104 Å². The van der Waals surface area contributed by atoms with E-state index in [1.807, 2.05) is 18.2 Å². The molecular weight excluding hydrogens is 294 g/mol. The van der Waals surface area contributed by atoms with Gasteiger partial charge in [-0.3, -0.25) is 9.59 Å². The zero-order valence-corrected chi connectivity index (χ0v) is 12.9. The smallest absolute Gasteiger partial charge is 0.264 e. The van der Waals surface area contributed by atoms with Crippen LogP contribution in [0.1, 0.15) is 19.4 Å². The standard InChI is InChI=1S/C16H17N5O2/c1-16(2,8-17-9-22)10-3-4-11-13(7-10)19-15(18-11)12-5-6-14(23)21-20-12/h3-7,9H,8H2,1-2H3,(H,17,22)(H,18,19)(H,21,23). The molecule has 0 spiro atoms. The van der Waals surface area contributed by atoms with E-state index in [0.717, 1.165) is 16.6 Å². The monoisotopic (exact) mass is 311 g/mol. The van der Waals surface area contributed by atoms with E-state index in [1.54, 1.807) is 6.07 Å². The molecule has 2 aromatic heterocycles. The van der Waals surface area contributed by atoms with Gasteiger partial charge >= 0.3 is 0 Å². The number of nitrogens with zero attached hydrogens (tertiary/aromatic N) is 2. The summed E-state index contributed by atoms with van der Waals surface area (Å²) in [5, 5.41) is 9.09. The Hall–Kier alpha value is -2.96. The van der Waals surface area contributed by atoms with E-state index in [-0.39, 0.29) is 11.0 Å². The molecule has 0 aliphatic carbocycles. The number of aromatic amines is 2. The van der Waals surface area contributed by atoms with Gasteiger partial charge in [0, 0.05) is 18.0 Å². The minimum atomic E-state index is -0.253. The molecule has 0 atom stereocenters. The van der Waals surface area contributed by atoms with Crippen LogP contribution in [0.4, 0.5) is 0 Å². The molecule has 0 radical (unpaired) electrons. The van der Waals surface area contributed by atoms with Crippen molar-refractivity contribution in [3.63, 3.8) is 0 Å². The normalized spacial score (nSPS) is 11.6. The Labute approximate surface area is 132 Å². The fraction of sp³-hybridized carbons (Fsp3) is 0.250. The summed E-state index contributed by atoms with van der Waals surface area (Å²) in [7, 11) is 0. The first-order chi connectivity index (χ1) is 11.0. The number of hydrogen-bond acceptors (Lipinski definition) is 4. The van der Waals surface area contributed by atoms with E-state index in [0.29, 0.717) is 24.5 Å². The zero-order valence-electron chi connectivity index (χ0n) is 12.9. The number of carbonyl (C=O) groups is 1. The Morgan fingerprint density at radius 2 is 2.09 bits per heavy atom. The average molecular weight is 311 g/mol. The van der Waals surface area contributed by atoms with Gasteiger partial charge < -0.3 is 10.3 Å². The van der Waals surface area contributed by atoms with E-state index in [2.05, 4.69) is 39.3 Å². The SMILES string of the molecule is CC(C)(CNC=O)c1ccc2nc(-c3ccc(=O)[nH]n3)[nH]c2c1. The first-order valence-corrected chi connectivity index (χ1v) is 7.23. The molecule has 0 saturated carbocycles. The lowest BCUT2D eigenvalue weighted by molar-refractivity contribution is -0.109. The lowest BCUT2D eigenvalue weighted by Crippen LogP contribution is -2.32. The summed E-state index contributed by atoms with van der Waals surface area (Å²) in [5.41, 5.74) is 2.90. The molecule has 118 valence electrons. The molecule has 0 bridgehead atoms. The molecule has 2 heterocycles. The highest BCUT2D eigenvalue weighted by molar-refractivity contribution is 5.79. The van der Waals surface area contributed by atoms with Gasteiger partial charge in [-0.2, -0.15) is 5.10 Å². The number of rotatable bonds is 5. The Kier molecular flexibility index (Phi) is 3.69. The molecule has 7 nitrogen and oxygen atoms in total. The van der Waals surface area contributed by atoms with Gasteiger partial charge in [0.1, 0.15) is 5.69 Å². The minimum Gasteiger partial charge on any atom is -0.358 e. The first kappa shape index (κ1) is 15.0. The number of H-pyrrole nitrogens is 2. The number of amides is 1. The van der Waals surface area contributed by atoms with Crippen LogP contribution >= 0.6 is 0 Å². The summed E-state index contributed by atoms with van der Waals surface area (Å²) in [4.78, 5) is 29.3. The molecule has 3 N–H and O–H groups in total. The highest BCUT2D eigenvalue weighted by Gasteiger charge is 2.21. The lowest BCUT2D eigenvalue weighted by atomic mass is 9.84. The van der Waals surface area contributed by atoms with Crippen molar-refractivity contribution in [3.8, 4) is 11.5 Å². The van der Waals surface area contributed by atoms with Gasteiger partial charge in [0.25, 0.3) is 5.56 Å². The van der Waals surface area contributed by atoms with E-state index in [9.17, 15) is 9.59 Å². The number of aromatic nitrogens is 4. The largest absolute Gasteiger partial charge is 0.358 e. The summed E-state index contributed by atoms with van der Waals surface area (Å²) in [5.74, 6) is 0.595. The fourth-order valence-corrected chi connectivity index (χ4v) is 2.43. The van der Waals surface area contributed by atoms with Crippen LogP contribution in [0.2, 0.25) is 0 Å². The third-order valence-electron chi connectivity index (χ3n) is 3.81. The number of hydrogen-bond donors (Lipinski definition) is 3. The zero-order chi connectivity index (χ0) is 16.4. The van der Waals surface area contributed by atoms with Crippen molar-refractivity contribution >= 4 is 17.4 Å². The van der Waals surface area contributed by atoms with Crippen molar-refractivity contribution in [2.45, 2.75) is 19.3 Å². The van der Waals surface area contributed by atoms with Gasteiger partial charge in [0.05, 0.1) is 11.0 Å². The Bertz CT molecular complexity index is 890. The number of nitrogens with one attached hydrogen (secondary N) is 3. The first-order valence-electron chi connectivity index (χ1n) is 7.23. The summed E-state index contributed by atoms with van der Waals surface area (Å²) in [6.45, 7) is 4.67. The predicted octanol–water partition coefficient (Wildman–Crippen LogP) is 1.34. The van der Waals surface area contributed by atoms with Crippen LogP contribution in [0.25, 0.3) is 22.6 Å². The van der Waals surface area contributed by atoms with Gasteiger partial charge in [-0.25, -0.2) is 10.1 Å². The van der Waals surface area contributed by atoms with Crippen LogP contribution in [-0.4, -0.2) is 33.1 Å². The van der Waals surface area contributed by atoms with Crippen LogP contribution < -0.4 is 10.9 Å². The molecule has 1 amide bonds. The van der Waals surface area contributed by atoms with Crippen LogP contribution in [0.15, 0.2) is 35.1 Å². The number of fused-ring (bicyclic) bond motifs is 1. The van der Waals surface area contributed by atoms with Gasteiger partial charge in [-0.05, 0) is 23.8 Å². The van der Waals surface area contributed by atoms with Crippen molar-refractivity contribution in [1.82, 2.24) is 25.5 Å².